The van der Waals surface area contributed by atoms with E-state index in [2.05, 4.69) is 10.1 Å². The molecule has 1 aliphatic rings. The number of amides is 1. The van der Waals surface area contributed by atoms with Crippen LogP contribution in [0.25, 0.3) is 0 Å². The van der Waals surface area contributed by atoms with Gasteiger partial charge in [0.1, 0.15) is 5.60 Å². The number of ether oxygens (including phenoxy) is 4. The van der Waals surface area contributed by atoms with Gasteiger partial charge in [0.05, 0.1) is 23.9 Å². The van der Waals surface area contributed by atoms with E-state index < -0.39 is 30.0 Å². The first kappa shape index (κ1) is 24.5. The number of carbonyl (C=O) groups is 2. The number of carbonyl (C=O) groups excluding carboxylic acids is 2. The lowest BCUT2D eigenvalue weighted by Crippen LogP contribution is -2.53. The molecule has 1 unspecified atom stereocenters. The summed E-state index contributed by atoms with van der Waals surface area (Å²) in [6.07, 6.45) is 2.86. The van der Waals surface area contributed by atoms with Gasteiger partial charge in [0.15, 0.2) is 6.29 Å². The highest BCUT2D eigenvalue weighted by atomic mass is 16.7. The van der Waals surface area contributed by atoms with Crippen molar-refractivity contribution in [3.8, 4) is 0 Å². The Labute approximate surface area is 182 Å². The summed E-state index contributed by atoms with van der Waals surface area (Å²) in [6, 6.07) is 1.01. The molecule has 0 spiro atoms. The van der Waals surface area contributed by atoms with Crippen LogP contribution in [0.1, 0.15) is 47.5 Å². The largest absolute Gasteiger partial charge is 0.463 e. The summed E-state index contributed by atoms with van der Waals surface area (Å²) in [6.45, 7) is 8.94. The molecule has 0 bridgehead atoms. The first-order valence-electron chi connectivity index (χ1n) is 10.2. The first-order valence-corrected chi connectivity index (χ1v) is 10.2. The third-order valence-electron chi connectivity index (χ3n) is 4.51. The number of hydrogen-bond acceptors (Lipinski definition) is 8. The molecule has 1 aromatic heterocycles. The van der Waals surface area contributed by atoms with E-state index in [-0.39, 0.29) is 18.1 Å². The summed E-state index contributed by atoms with van der Waals surface area (Å²) in [5.74, 6) is -0.297. The number of methoxy groups -OCH3 is 2. The zero-order valence-corrected chi connectivity index (χ0v) is 19.2. The topological polar surface area (TPSA) is 104 Å². The molecule has 1 atom stereocenters. The Balaban J connectivity index is 2.57. The maximum Gasteiger partial charge on any atom is 0.417 e. The SMILES string of the molecule is CCOC(=O)C1=C(C)N=C(n2cccn2)N(C(=O)OC(C)(C)C)C1CCC(OC)OC. The summed E-state index contributed by atoms with van der Waals surface area (Å²) in [4.78, 5) is 32.0. The molecule has 1 aliphatic heterocycles. The van der Waals surface area contributed by atoms with Crippen LogP contribution in [0, 0.1) is 0 Å². The molecule has 10 heteroatoms. The van der Waals surface area contributed by atoms with Gasteiger partial charge in [0, 0.05) is 33.0 Å². The van der Waals surface area contributed by atoms with E-state index in [1.54, 1.807) is 53.1 Å². The van der Waals surface area contributed by atoms with E-state index in [0.717, 1.165) is 0 Å². The summed E-state index contributed by atoms with van der Waals surface area (Å²) >= 11 is 0. The quantitative estimate of drug-likeness (QED) is 0.478. The van der Waals surface area contributed by atoms with E-state index >= 15 is 0 Å². The van der Waals surface area contributed by atoms with Crippen molar-refractivity contribution in [2.24, 2.45) is 4.99 Å². The molecule has 1 amide bonds. The highest BCUT2D eigenvalue weighted by Gasteiger charge is 2.42. The lowest BCUT2D eigenvalue weighted by molar-refractivity contribution is -0.139. The van der Waals surface area contributed by atoms with Gasteiger partial charge in [-0.25, -0.2) is 24.2 Å². The van der Waals surface area contributed by atoms with Crippen molar-refractivity contribution < 1.29 is 28.5 Å². The number of esters is 1. The van der Waals surface area contributed by atoms with Crippen molar-refractivity contribution >= 4 is 18.0 Å². The average Bonchev–Trinajstić information content (AvgIpc) is 3.21. The zero-order chi connectivity index (χ0) is 23.2. The number of hydrogen-bond donors (Lipinski definition) is 0. The Morgan fingerprint density at radius 3 is 2.42 bits per heavy atom. The van der Waals surface area contributed by atoms with E-state index in [1.165, 1.54) is 23.8 Å². The Morgan fingerprint density at radius 2 is 1.90 bits per heavy atom. The van der Waals surface area contributed by atoms with Gasteiger partial charge < -0.3 is 18.9 Å². The molecule has 2 rings (SSSR count). The normalized spacial score (nSPS) is 17.1. The summed E-state index contributed by atoms with van der Waals surface area (Å²) < 4.78 is 23.0. The fourth-order valence-corrected chi connectivity index (χ4v) is 3.23. The zero-order valence-electron chi connectivity index (χ0n) is 19.2. The minimum absolute atomic E-state index is 0.198. The first-order chi connectivity index (χ1) is 14.6. The highest BCUT2D eigenvalue weighted by Crippen LogP contribution is 2.30. The number of aromatic nitrogens is 2. The third-order valence-corrected chi connectivity index (χ3v) is 4.51. The second-order valence-electron chi connectivity index (χ2n) is 7.93. The maximum atomic E-state index is 13.3. The third kappa shape index (κ3) is 6.14. The van der Waals surface area contributed by atoms with Gasteiger partial charge in [-0.05, 0) is 47.1 Å². The Bertz CT molecular complexity index is 821. The van der Waals surface area contributed by atoms with Gasteiger partial charge in [0.2, 0.25) is 5.96 Å². The smallest absolute Gasteiger partial charge is 0.417 e. The maximum absolute atomic E-state index is 13.3. The van der Waals surface area contributed by atoms with Gasteiger partial charge in [-0.3, -0.25) is 0 Å². The van der Waals surface area contributed by atoms with Crippen LogP contribution in [0.4, 0.5) is 4.79 Å². The molecular weight excluding hydrogens is 404 g/mol. The van der Waals surface area contributed by atoms with E-state index in [1.807, 2.05) is 0 Å². The van der Waals surface area contributed by atoms with Gasteiger partial charge in [-0.15, -0.1) is 0 Å². The van der Waals surface area contributed by atoms with Crippen LogP contribution in [0.15, 0.2) is 34.7 Å². The number of rotatable bonds is 7. The molecule has 0 fully saturated rings. The molecule has 31 heavy (non-hydrogen) atoms. The predicted molar refractivity (Wildman–Crippen MR) is 113 cm³/mol. The van der Waals surface area contributed by atoms with Crippen molar-refractivity contribution in [2.75, 3.05) is 20.8 Å². The molecule has 10 nitrogen and oxygen atoms in total. The second kappa shape index (κ2) is 10.5. The molecule has 172 valence electrons. The summed E-state index contributed by atoms with van der Waals surface area (Å²) in [7, 11) is 3.06. The lowest BCUT2D eigenvalue weighted by atomic mass is 9.97. The minimum Gasteiger partial charge on any atom is -0.463 e. The Kier molecular flexibility index (Phi) is 8.35. The number of aliphatic imine (C=N–C) groups is 1. The minimum atomic E-state index is -0.751. The number of nitrogens with zero attached hydrogens (tertiary/aromatic N) is 4. The molecule has 0 aliphatic carbocycles. The lowest BCUT2D eigenvalue weighted by Gasteiger charge is -2.37. The van der Waals surface area contributed by atoms with Gasteiger partial charge in [0.25, 0.3) is 0 Å². The van der Waals surface area contributed by atoms with Crippen LogP contribution in [0.5, 0.6) is 0 Å². The highest BCUT2D eigenvalue weighted by molar-refractivity contribution is 6.01. The summed E-state index contributed by atoms with van der Waals surface area (Å²) in [5.41, 5.74) is -0.0200. The molecule has 0 saturated heterocycles. The van der Waals surface area contributed by atoms with Crippen molar-refractivity contribution in [1.82, 2.24) is 14.7 Å². The summed E-state index contributed by atoms with van der Waals surface area (Å²) in [5, 5.41) is 4.22. The second-order valence-corrected chi connectivity index (χ2v) is 7.93. The molecular formula is C21H32N4O6. The van der Waals surface area contributed by atoms with Crippen LogP contribution in [0.3, 0.4) is 0 Å². The molecule has 1 aromatic rings. The van der Waals surface area contributed by atoms with Crippen LogP contribution in [-0.4, -0.2) is 71.5 Å². The standard InChI is InChI=1S/C21H32N4O6/c1-8-30-18(26)17-14(2)23-19(24-13-9-12-22-24)25(20(27)31-21(3,4)5)15(17)10-11-16(28-6)29-7/h9,12-13,15-16H,8,10-11H2,1-7H3. The van der Waals surface area contributed by atoms with Crippen LogP contribution >= 0.6 is 0 Å². The fourth-order valence-electron chi connectivity index (χ4n) is 3.23. The number of allylic oxidation sites excluding steroid dienone is 1. The predicted octanol–water partition coefficient (Wildman–Crippen LogP) is 2.94. The van der Waals surface area contributed by atoms with Crippen molar-refractivity contribution in [2.45, 2.75) is 65.4 Å². The average molecular weight is 437 g/mol. The molecule has 0 saturated carbocycles. The van der Waals surface area contributed by atoms with Gasteiger partial charge in [-0.1, -0.05) is 0 Å². The van der Waals surface area contributed by atoms with Crippen molar-refractivity contribution in [3.05, 3.63) is 29.7 Å². The Hall–Kier alpha value is -2.72. The van der Waals surface area contributed by atoms with E-state index in [9.17, 15) is 9.59 Å². The Morgan fingerprint density at radius 1 is 1.23 bits per heavy atom. The van der Waals surface area contributed by atoms with E-state index in [0.29, 0.717) is 18.5 Å². The molecule has 2 heterocycles. The fraction of sp³-hybridized carbons (Fsp3) is 0.619. The van der Waals surface area contributed by atoms with Gasteiger partial charge >= 0.3 is 12.1 Å². The van der Waals surface area contributed by atoms with Crippen LogP contribution in [0.2, 0.25) is 0 Å². The molecule has 0 aromatic carbocycles. The van der Waals surface area contributed by atoms with Gasteiger partial charge in [-0.2, -0.15) is 5.10 Å². The molecule has 0 N–H and O–H groups in total. The van der Waals surface area contributed by atoms with Crippen LogP contribution < -0.4 is 0 Å². The van der Waals surface area contributed by atoms with Crippen LogP contribution in [-0.2, 0) is 23.7 Å². The van der Waals surface area contributed by atoms with Crippen molar-refractivity contribution in [3.63, 3.8) is 0 Å². The van der Waals surface area contributed by atoms with E-state index in [4.69, 9.17) is 18.9 Å². The monoisotopic (exact) mass is 436 g/mol. The molecule has 0 radical (unpaired) electrons. The van der Waals surface area contributed by atoms with Crippen molar-refractivity contribution in [1.29, 1.82) is 0 Å².